The Kier molecular flexibility index (Phi) is 7.51. The number of rotatable bonds is 5. The molecule has 0 unspecified atom stereocenters. The molecule has 5 rings (SSSR count). The third-order valence-corrected chi connectivity index (χ3v) is 7.99. The number of likely N-dealkylation sites (N-methyl/N-ethyl adjacent to an activating group) is 1. The zero-order valence-corrected chi connectivity index (χ0v) is 21.8. The zero-order chi connectivity index (χ0) is 25.1. The molecule has 2 fully saturated rings. The first kappa shape index (κ1) is 24.7. The summed E-state index contributed by atoms with van der Waals surface area (Å²) in [5, 5.41) is 12.5. The van der Waals surface area contributed by atoms with Crippen LogP contribution in [0.4, 0.5) is 0 Å². The number of aryl methyl sites for hydroxylation is 2. The van der Waals surface area contributed by atoms with Gasteiger partial charge in [0.1, 0.15) is 11.6 Å². The van der Waals surface area contributed by atoms with Gasteiger partial charge >= 0.3 is 0 Å². The highest BCUT2D eigenvalue weighted by molar-refractivity contribution is 6.05. The van der Waals surface area contributed by atoms with Crippen LogP contribution in [-0.2, 0) is 12.8 Å². The molecule has 0 spiro atoms. The van der Waals surface area contributed by atoms with E-state index in [1.54, 1.807) is 7.11 Å². The molecule has 8 nitrogen and oxygen atoms in total. The summed E-state index contributed by atoms with van der Waals surface area (Å²) in [6, 6.07) is 4.52. The molecule has 3 aliphatic heterocycles. The van der Waals surface area contributed by atoms with Crippen LogP contribution in [0.3, 0.4) is 0 Å². The fraction of sp³-hybridized carbons (Fsp3) is 0.571. The molecule has 8 heteroatoms. The number of likely N-dealkylation sites (tertiary alicyclic amines) is 2. The number of allylic oxidation sites excluding steroid dienone is 1. The van der Waals surface area contributed by atoms with Crippen LogP contribution < -0.4 is 10.1 Å². The second-order valence-electron chi connectivity index (χ2n) is 10.3. The number of benzene rings is 1. The normalized spacial score (nSPS) is 24.4. The van der Waals surface area contributed by atoms with E-state index < -0.39 is 0 Å². The first-order chi connectivity index (χ1) is 17.6. The van der Waals surface area contributed by atoms with Crippen molar-refractivity contribution in [3.63, 3.8) is 0 Å². The lowest BCUT2D eigenvalue weighted by Crippen LogP contribution is -2.48. The largest absolute Gasteiger partial charge is 0.496 e. The van der Waals surface area contributed by atoms with Crippen molar-refractivity contribution in [3.8, 4) is 5.75 Å². The van der Waals surface area contributed by atoms with Crippen molar-refractivity contribution >= 4 is 24.0 Å². The van der Waals surface area contributed by atoms with Crippen LogP contribution in [-0.4, -0.2) is 79.7 Å². The molecule has 36 heavy (non-hydrogen) atoms. The number of methoxy groups -OCH3 is 1. The Hall–Kier alpha value is -3.00. The van der Waals surface area contributed by atoms with Gasteiger partial charge in [-0.1, -0.05) is 0 Å². The van der Waals surface area contributed by atoms with Crippen molar-refractivity contribution in [1.29, 1.82) is 0 Å². The summed E-state index contributed by atoms with van der Waals surface area (Å²) in [4.78, 5) is 23.1. The van der Waals surface area contributed by atoms with Gasteiger partial charge in [0, 0.05) is 43.9 Å². The van der Waals surface area contributed by atoms with Gasteiger partial charge in [-0.15, -0.1) is 0 Å². The number of carbonyl (C=O) groups is 1. The molecular weight excluding hydrogens is 452 g/mol. The predicted molar refractivity (Wildman–Crippen MR) is 144 cm³/mol. The molecule has 1 N–H and O–H groups in total. The second-order valence-corrected chi connectivity index (χ2v) is 10.3. The van der Waals surface area contributed by atoms with E-state index in [0.29, 0.717) is 30.3 Å². The molecule has 4 aliphatic rings. The average molecular weight is 491 g/mol. The van der Waals surface area contributed by atoms with Crippen molar-refractivity contribution in [2.45, 2.75) is 70.4 Å². The molecule has 0 radical (unpaired) electrons. The average Bonchev–Trinajstić information content (AvgIpc) is 3.58. The molecule has 1 aliphatic carbocycles. The molecule has 0 bridgehead atoms. The number of ether oxygens (including phenoxy) is 1. The Morgan fingerprint density at radius 1 is 1.11 bits per heavy atom. The highest BCUT2D eigenvalue weighted by atomic mass is 16.5. The molecule has 1 aromatic carbocycles. The number of fused-ring (bicyclic) bond motifs is 1. The smallest absolute Gasteiger partial charge is 0.258 e. The highest BCUT2D eigenvalue weighted by Gasteiger charge is 2.33. The van der Waals surface area contributed by atoms with E-state index in [4.69, 9.17) is 9.73 Å². The zero-order valence-electron chi connectivity index (χ0n) is 21.8. The number of nitrogens with one attached hydrogen (secondary N) is 1. The summed E-state index contributed by atoms with van der Waals surface area (Å²) in [5.74, 6) is 1.67. The summed E-state index contributed by atoms with van der Waals surface area (Å²) in [6.45, 7) is 4.67. The maximum Gasteiger partial charge on any atom is 0.258 e. The quantitative estimate of drug-likeness (QED) is 0.684. The van der Waals surface area contributed by atoms with Gasteiger partial charge in [0.2, 0.25) is 0 Å². The van der Waals surface area contributed by atoms with Gasteiger partial charge in [0.15, 0.2) is 0 Å². The van der Waals surface area contributed by atoms with E-state index in [1.165, 1.54) is 11.1 Å². The van der Waals surface area contributed by atoms with Crippen LogP contribution in [0.15, 0.2) is 38.7 Å². The van der Waals surface area contributed by atoms with Gasteiger partial charge in [-0.05, 0) is 82.2 Å². The van der Waals surface area contributed by atoms with Crippen molar-refractivity contribution in [2.24, 2.45) is 15.2 Å². The van der Waals surface area contributed by atoms with Crippen LogP contribution in [0, 0.1) is 0 Å². The standard InChI is InChI=1S/C28H38N6O2/c1-19-17-31-32-24(10-12-30-27(19)33-14-11-22(18-33)29-2)25-9-4-5-13-34(25)28(35)23-15-20-7-6-8-21(20)16-26(23)36-3/h12,15-17,22,25,29H,4-11,13-14,18H2,1-3H3/t22-,25-/m0/s1. The van der Waals surface area contributed by atoms with Crippen molar-refractivity contribution in [1.82, 2.24) is 15.1 Å². The Bertz CT molecular complexity index is 1120. The molecule has 2 saturated heterocycles. The predicted octanol–water partition coefficient (Wildman–Crippen LogP) is 3.61. The van der Waals surface area contributed by atoms with Crippen LogP contribution in [0.1, 0.15) is 66.9 Å². The van der Waals surface area contributed by atoms with Crippen LogP contribution >= 0.6 is 0 Å². The number of aliphatic imine (C=N–C) groups is 1. The summed E-state index contributed by atoms with van der Waals surface area (Å²) in [6.07, 6.45) is 11.6. The lowest BCUT2D eigenvalue weighted by molar-refractivity contribution is 0.0676. The summed E-state index contributed by atoms with van der Waals surface area (Å²) >= 11 is 0. The van der Waals surface area contributed by atoms with Crippen LogP contribution in [0.25, 0.3) is 0 Å². The number of hydrogen-bond donors (Lipinski definition) is 1. The Morgan fingerprint density at radius 2 is 1.94 bits per heavy atom. The Balaban J connectivity index is 1.38. The van der Waals surface area contributed by atoms with Gasteiger partial charge in [-0.25, -0.2) is 4.99 Å². The first-order valence-electron chi connectivity index (χ1n) is 13.3. The van der Waals surface area contributed by atoms with Gasteiger partial charge in [0.05, 0.1) is 30.6 Å². The number of hydrogen-bond acceptors (Lipinski definition) is 7. The van der Waals surface area contributed by atoms with Gasteiger partial charge in [-0.3, -0.25) is 4.79 Å². The van der Waals surface area contributed by atoms with E-state index in [9.17, 15) is 4.79 Å². The molecular formula is C28H38N6O2. The molecule has 0 saturated carbocycles. The summed E-state index contributed by atoms with van der Waals surface area (Å²) in [7, 11) is 3.67. The van der Waals surface area contributed by atoms with E-state index in [-0.39, 0.29) is 11.9 Å². The molecule has 3 heterocycles. The maximum atomic E-state index is 13.9. The lowest BCUT2D eigenvalue weighted by atomic mass is 9.94. The molecule has 192 valence electrons. The van der Waals surface area contributed by atoms with Gasteiger partial charge in [0.25, 0.3) is 5.91 Å². The number of nitrogens with zero attached hydrogens (tertiary/aromatic N) is 5. The van der Waals surface area contributed by atoms with Crippen LogP contribution in [0.2, 0.25) is 0 Å². The van der Waals surface area contributed by atoms with Gasteiger partial charge in [-0.2, -0.15) is 10.2 Å². The third-order valence-electron chi connectivity index (χ3n) is 7.99. The second kappa shape index (κ2) is 10.9. The first-order valence-corrected chi connectivity index (χ1v) is 13.3. The van der Waals surface area contributed by atoms with Crippen molar-refractivity contribution < 1.29 is 9.53 Å². The Labute approximate surface area is 214 Å². The van der Waals surface area contributed by atoms with Gasteiger partial charge < -0.3 is 19.9 Å². The summed E-state index contributed by atoms with van der Waals surface area (Å²) < 4.78 is 5.67. The molecule has 2 atom stereocenters. The minimum atomic E-state index is -0.0878. The number of piperidine rings is 1. The van der Waals surface area contributed by atoms with E-state index in [1.807, 2.05) is 31.3 Å². The van der Waals surface area contributed by atoms with E-state index in [0.717, 1.165) is 75.1 Å². The highest BCUT2D eigenvalue weighted by Crippen LogP contribution is 2.32. The number of amides is 1. The van der Waals surface area contributed by atoms with E-state index >= 15 is 0 Å². The molecule has 0 aromatic heterocycles. The molecule has 1 amide bonds. The monoisotopic (exact) mass is 490 g/mol. The minimum absolute atomic E-state index is 0.0277. The maximum absolute atomic E-state index is 13.9. The van der Waals surface area contributed by atoms with Crippen LogP contribution in [0.5, 0.6) is 5.75 Å². The Morgan fingerprint density at radius 3 is 2.72 bits per heavy atom. The lowest BCUT2D eigenvalue weighted by Gasteiger charge is -2.36. The molecule has 1 aromatic rings. The topological polar surface area (TPSA) is 81.9 Å². The fourth-order valence-corrected chi connectivity index (χ4v) is 5.95. The SMILES string of the molecule is CN[C@H]1CCN(C2=C(C)C=NN=C([C@@H]3CCCCN3C(=O)c3cc4c(cc3OC)CCC4)CC=N2)C1. The van der Waals surface area contributed by atoms with Crippen molar-refractivity contribution in [2.75, 3.05) is 33.8 Å². The number of carbonyl (C=O) groups excluding carboxylic acids is 1. The van der Waals surface area contributed by atoms with Crippen molar-refractivity contribution in [3.05, 3.63) is 40.2 Å². The minimum Gasteiger partial charge on any atom is -0.496 e. The third kappa shape index (κ3) is 4.96. The fourth-order valence-electron chi connectivity index (χ4n) is 5.95. The summed E-state index contributed by atoms with van der Waals surface area (Å²) in [5.41, 5.74) is 5.15. The van der Waals surface area contributed by atoms with E-state index in [2.05, 4.69) is 32.6 Å².